The minimum absolute atomic E-state index is 0.471. The second-order valence-corrected chi connectivity index (χ2v) is 7.81. The molecule has 4 aromatic rings. The summed E-state index contributed by atoms with van der Waals surface area (Å²) in [6.45, 7) is 4.13. The average molecular weight is 442 g/mol. The Morgan fingerprint density at radius 2 is 1.63 bits per heavy atom. The lowest BCUT2D eigenvalue weighted by Gasteiger charge is -2.15. The molecule has 0 atom stereocenters. The van der Waals surface area contributed by atoms with Crippen molar-refractivity contribution in [2.45, 2.75) is 13.8 Å². The van der Waals surface area contributed by atoms with Crippen LogP contribution in [0.25, 0.3) is 16.9 Å². The van der Waals surface area contributed by atoms with Crippen molar-refractivity contribution in [2.24, 2.45) is 0 Å². The number of para-hydroxylation sites is 1. The van der Waals surface area contributed by atoms with E-state index in [2.05, 4.69) is 31.3 Å². The first-order chi connectivity index (χ1) is 14.4. The Balaban J connectivity index is 1.98. The molecule has 0 fully saturated rings. The topological polar surface area (TPSA) is 47.8 Å². The van der Waals surface area contributed by atoms with Crippen LogP contribution in [0.4, 0.5) is 11.5 Å². The zero-order valence-electron chi connectivity index (χ0n) is 17.1. The van der Waals surface area contributed by atoms with Crippen LogP contribution >= 0.6 is 23.2 Å². The van der Waals surface area contributed by atoms with Crippen molar-refractivity contribution >= 4 is 40.4 Å². The number of methoxy groups -OCH3 is 2. The number of rotatable bonds is 5. The third-order valence-electron chi connectivity index (χ3n) is 5.02. The van der Waals surface area contributed by atoms with Gasteiger partial charge in [-0.15, -0.1) is 0 Å². The second kappa shape index (κ2) is 8.09. The highest BCUT2D eigenvalue weighted by Crippen LogP contribution is 2.39. The molecule has 154 valence electrons. The molecule has 0 bridgehead atoms. The lowest BCUT2D eigenvalue weighted by Crippen LogP contribution is -2.01. The van der Waals surface area contributed by atoms with E-state index in [-0.39, 0.29) is 0 Å². The van der Waals surface area contributed by atoms with Gasteiger partial charge in [0.1, 0.15) is 11.5 Å². The first-order valence-corrected chi connectivity index (χ1v) is 10.1. The Morgan fingerprint density at radius 3 is 2.30 bits per heavy atom. The number of imidazole rings is 1. The lowest BCUT2D eigenvalue weighted by atomic mass is 10.1. The molecule has 30 heavy (non-hydrogen) atoms. The van der Waals surface area contributed by atoms with Gasteiger partial charge in [-0.3, -0.25) is 4.40 Å². The van der Waals surface area contributed by atoms with Gasteiger partial charge in [-0.05, 0) is 49.2 Å². The molecule has 4 rings (SSSR count). The van der Waals surface area contributed by atoms with Crippen molar-refractivity contribution < 1.29 is 9.47 Å². The molecule has 0 aliphatic heterocycles. The highest BCUT2D eigenvalue weighted by atomic mass is 35.5. The standard InChI is InChI=1S/C23H21Cl2N3O2/c1-13-6-5-7-14(2)20(13)26-23-21(15-8-9-18(29-3)19(10-15)30-4)27-22-17(25)11-16(24)12-28(22)23/h5-12,26H,1-4H3. The molecule has 0 radical (unpaired) electrons. The molecule has 0 aliphatic carbocycles. The van der Waals surface area contributed by atoms with Crippen LogP contribution in [0.2, 0.25) is 10.0 Å². The molecule has 7 heteroatoms. The number of hydrogen-bond donors (Lipinski definition) is 1. The first-order valence-electron chi connectivity index (χ1n) is 9.35. The van der Waals surface area contributed by atoms with Crippen LogP contribution < -0.4 is 14.8 Å². The largest absolute Gasteiger partial charge is 0.493 e. The number of anilines is 2. The van der Waals surface area contributed by atoms with E-state index in [1.807, 2.05) is 28.7 Å². The number of halogens is 2. The van der Waals surface area contributed by atoms with Crippen LogP contribution in [0.15, 0.2) is 48.7 Å². The average Bonchev–Trinajstić information content (AvgIpc) is 3.08. The SMILES string of the molecule is COc1ccc(-c2nc3c(Cl)cc(Cl)cn3c2Nc2c(C)cccc2C)cc1OC. The minimum atomic E-state index is 0.471. The molecule has 0 unspecified atom stereocenters. The molecular formula is C23H21Cl2N3O2. The molecule has 0 saturated carbocycles. The number of fused-ring (bicyclic) bond motifs is 1. The van der Waals surface area contributed by atoms with Crippen molar-refractivity contribution in [3.63, 3.8) is 0 Å². The number of ether oxygens (including phenoxy) is 2. The molecule has 2 heterocycles. The zero-order valence-corrected chi connectivity index (χ0v) is 18.6. The van der Waals surface area contributed by atoms with Crippen LogP contribution in [0.5, 0.6) is 11.5 Å². The van der Waals surface area contributed by atoms with Gasteiger partial charge < -0.3 is 14.8 Å². The Morgan fingerprint density at radius 1 is 0.933 bits per heavy atom. The van der Waals surface area contributed by atoms with Gasteiger partial charge in [-0.2, -0.15) is 0 Å². The van der Waals surface area contributed by atoms with Crippen molar-refractivity contribution in [1.29, 1.82) is 0 Å². The van der Waals surface area contributed by atoms with Gasteiger partial charge in [0, 0.05) is 17.4 Å². The van der Waals surface area contributed by atoms with Gasteiger partial charge in [0.15, 0.2) is 17.1 Å². The van der Waals surface area contributed by atoms with Crippen molar-refractivity contribution in [1.82, 2.24) is 9.38 Å². The third kappa shape index (κ3) is 3.55. The van der Waals surface area contributed by atoms with Gasteiger partial charge in [0.2, 0.25) is 0 Å². The van der Waals surface area contributed by atoms with Gasteiger partial charge in [0.05, 0.1) is 24.3 Å². The number of aryl methyl sites for hydroxylation is 2. The van der Waals surface area contributed by atoms with Gasteiger partial charge >= 0.3 is 0 Å². The summed E-state index contributed by atoms with van der Waals surface area (Å²) in [5.74, 6) is 2.03. The molecule has 1 N–H and O–H groups in total. The predicted octanol–water partition coefficient (Wildman–Crippen LogP) is 6.69. The third-order valence-corrected chi connectivity index (χ3v) is 5.51. The number of aromatic nitrogens is 2. The smallest absolute Gasteiger partial charge is 0.161 e. The summed E-state index contributed by atoms with van der Waals surface area (Å²) in [4.78, 5) is 4.82. The fraction of sp³-hybridized carbons (Fsp3) is 0.174. The Bertz CT molecular complexity index is 1230. The predicted molar refractivity (Wildman–Crippen MR) is 123 cm³/mol. The van der Waals surface area contributed by atoms with Crippen LogP contribution in [0, 0.1) is 13.8 Å². The summed E-state index contributed by atoms with van der Waals surface area (Å²) in [7, 11) is 3.22. The lowest BCUT2D eigenvalue weighted by molar-refractivity contribution is 0.355. The highest BCUT2D eigenvalue weighted by Gasteiger charge is 2.19. The number of hydrogen-bond acceptors (Lipinski definition) is 4. The van der Waals surface area contributed by atoms with Gasteiger partial charge in [-0.1, -0.05) is 41.4 Å². The van der Waals surface area contributed by atoms with Crippen LogP contribution in [-0.4, -0.2) is 23.6 Å². The number of pyridine rings is 1. The molecule has 0 saturated heterocycles. The quantitative estimate of drug-likeness (QED) is 0.374. The maximum atomic E-state index is 6.47. The van der Waals surface area contributed by atoms with E-state index in [4.69, 9.17) is 37.7 Å². The maximum absolute atomic E-state index is 6.47. The van der Waals surface area contributed by atoms with Gasteiger partial charge in [-0.25, -0.2) is 4.98 Å². The molecule has 0 aliphatic rings. The fourth-order valence-electron chi connectivity index (χ4n) is 3.51. The summed E-state index contributed by atoms with van der Waals surface area (Å²) in [6, 6.07) is 13.5. The summed E-state index contributed by atoms with van der Waals surface area (Å²) < 4.78 is 12.7. The first kappa shape index (κ1) is 20.4. The number of nitrogens with zero attached hydrogens (tertiary/aromatic N) is 2. The zero-order chi connectivity index (χ0) is 21.4. The van der Waals surface area contributed by atoms with E-state index >= 15 is 0 Å². The van der Waals surface area contributed by atoms with E-state index in [1.54, 1.807) is 26.5 Å². The van der Waals surface area contributed by atoms with Crippen molar-refractivity contribution in [3.05, 3.63) is 69.8 Å². The maximum Gasteiger partial charge on any atom is 0.161 e. The van der Waals surface area contributed by atoms with Crippen molar-refractivity contribution in [3.8, 4) is 22.8 Å². The molecule has 2 aromatic carbocycles. The monoisotopic (exact) mass is 441 g/mol. The van der Waals surface area contributed by atoms with Gasteiger partial charge in [0.25, 0.3) is 0 Å². The summed E-state index contributed by atoms with van der Waals surface area (Å²) in [6.07, 6.45) is 1.80. The van der Waals surface area contributed by atoms with Crippen LogP contribution in [0.3, 0.4) is 0 Å². The Labute approximate surface area is 185 Å². The molecule has 0 spiro atoms. The van der Waals surface area contributed by atoms with E-state index < -0.39 is 0 Å². The summed E-state index contributed by atoms with van der Waals surface area (Å²) >= 11 is 12.8. The van der Waals surface area contributed by atoms with E-state index in [9.17, 15) is 0 Å². The number of nitrogens with one attached hydrogen (secondary N) is 1. The Kier molecular flexibility index (Phi) is 5.50. The van der Waals surface area contributed by atoms with E-state index in [0.717, 1.165) is 33.9 Å². The second-order valence-electron chi connectivity index (χ2n) is 6.97. The van der Waals surface area contributed by atoms with E-state index in [0.29, 0.717) is 27.2 Å². The molecule has 2 aromatic heterocycles. The minimum Gasteiger partial charge on any atom is -0.493 e. The van der Waals surface area contributed by atoms with Crippen LogP contribution in [0.1, 0.15) is 11.1 Å². The van der Waals surface area contributed by atoms with Crippen LogP contribution in [-0.2, 0) is 0 Å². The molecule has 5 nitrogen and oxygen atoms in total. The molecule has 0 amide bonds. The Hall–Kier alpha value is -2.89. The summed E-state index contributed by atoms with van der Waals surface area (Å²) in [5.41, 5.74) is 5.45. The fourth-order valence-corrected chi connectivity index (χ4v) is 4.02. The highest BCUT2D eigenvalue weighted by molar-refractivity contribution is 6.36. The summed E-state index contributed by atoms with van der Waals surface area (Å²) in [5, 5.41) is 4.55. The van der Waals surface area contributed by atoms with E-state index in [1.165, 1.54) is 0 Å². The van der Waals surface area contributed by atoms with Crippen molar-refractivity contribution in [2.75, 3.05) is 19.5 Å². The number of benzene rings is 2. The normalized spacial score (nSPS) is 11.0. The molecular weight excluding hydrogens is 421 g/mol.